The number of carbonyl (C=O) groups is 1. The van der Waals surface area contributed by atoms with Crippen LogP contribution in [0.1, 0.15) is 71.6 Å². The predicted octanol–water partition coefficient (Wildman–Crippen LogP) is 4.55. The van der Waals surface area contributed by atoms with Crippen LogP contribution < -0.4 is 0 Å². The maximum atomic E-state index is 10.4. The predicted molar refractivity (Wildman–Crippen MR) is 68.6 cm³/mol. The van der Waals surface area contributed by atoms with Gasteiger partial charge in [0.2, 0.25) is 0 Å². The zero-order valence-corrected chi connectivity index (χ0v) is 10.8. The monoisotopic (exact) mass is 226 g/mol. The number of hydrogen-bond acceptors (Lipinski definition) is 1. The molecule has 0 aromatic carbocycles. The standard InChI is InChI=1S/C14H26O2/c1-3-4-5-6-7-8-9-10-11-13(2)12-14(15)16/h12H,3-11H2,1-2H3,(H,15,16). The highest BCUT2D eigenvalue weighted by Gasteiger charge is 1.95. The molecule has 16 heavy (non-hydrogen) atoms. The van der Waals surface area contributed by atoms with Crippen LogP contribution in [0.15, 0.2) is 11.6 Å². The molecule has 2 heteroatoms. The van der Waals surface area contributed by atoms with E-state index >= 15 is 0 Å². The number of rotatable bonds is 10. The molecule has 0 bridgehead atoms. The van der Waals surface area contributed by atoms with Gasteiger partial charge in [0.1, 0.15) is 0 Å². The van der Waals surface area contributed by atoms with Gasteiger partial charge in [0.05, 0.1) is 0 Å². The molecule has 0 rings (SSSR count). The maximum Gasteiger partial charge on any atom is 0.328 e. The molecule has 1 N–H and O–H groups in total. The van der Waals surface area contributed by atoms with Gasteiger partial charge < -0.3 is 5.11 Å². The van der Waals surface area contributed by atoms with Crippen molar-refractivity contribution < 1.29 is 9.90 Å². The van der Waals surface area contributed by atoms with Gasteiger partial charge in [-0.2, -0.15) is 0 Å². The van der Waals surface area contributed by atoms with Gasteiger partial charge in [-0.05, 0) is 19.8 Å². The molecule has 0 radical (unpaired) electrons. The number of carboxylic acid groups (broad SMARTS) is 1. The molecule has 0 heterocycles. The molecule has 0 unspecified atom stereocenters. The summed E-state index contributed by atoms with van der Waals surface area (Å²) in [4.78, 5) is 10.4. The van der Waals surface area contributed by atoms with Crippen molar-refractivity contribution in [2.45, 2.75) is 71.6 Å². The van der Waals surface area contributed by atoms with Gasteiger partial charge in [-0.15, -0.1) is 0 Å². The van der Waals surface area contributed by atoms with Crippen LogP contribution >= 0.6 is 0 Å². The first kappa shape index (κ1) is 15.2. The van der Waals surface area contributed by atoms with Gasteiger partial charge >= 0.3 is 5.97 Å². The summed E-state index contributed by atoms with van der Waals surface area (Å²) in [5.74, 6) is -0.822. The van der Waals surface area contributed by atoms with Crippen LogP contribution in [0.3, 0.4) is 0 Å². The summed E-state index contributed by atoms with van der Waals surface area (Å²) in [6.07, 6.45) is 12.6. The fourth-order valence-electron chi connectivity index (χ4n) is 1.82. The molecule has 0 aromatic heterocycles. The topological polar surface area (TPSA) is 37.3 Å². The second-order valence-electron chi connectivity index (χ2n) is 4.55. The summed E-state index contributed by atoms with van der Waals surface area (Å²) >= 11 is 0. The maximum absolute atomic E-state index is 10.4. The largest absolute Gasteiger partial charge is 0.478 e. The van der Waals surface area contributed by atoms with E-state index in [1.54, 1.807) is 0 Å². The van der Waals surface area contributed by atoms with Gasteiger partial charge in [0.15, 0.2) is 0 Å². The summed E-state index contributed by atoms with van der Waals surface area (Å²) in [6, 6.07) is 0. The summed E-state index contributed by atoms with van der Waals surface area (Å²) in [6.45, 7) is 4.13. The van der Waals surface area contributed by atoms with Crippen LogP contribution in [0.4, 0.5) is 0 Å². The van der Waals surface area contributed by atoms with Crippen molar-refractivity contribution in [2.75, 3.05) is 0 Å². The molecule has 0 spiro atoms. The average Bonchev–Trinajstić information content (AvgIpc) is 2.21. The third kappa shape index (κ3) is 11.3. The minimum absolute atomic E-state index is 0.822. The Kier molecular flexibility index (Phi) is 10.2. The smallest absolute Gasteiger partial charge is 0.328 e. The van der Waals surface area contributed by atoms with Crippen molar-refractivity contribution in [3.05, 3.63) is 11.6 Å². The molecule has 0 saturated carbocycles. The minimum Gasteiger partial charge on any atom is -0.478 e. The third-order valence-electron chi connectivity index (χ3n) is 2.79. The summed E-state index contributed by atoms with van der Waals surface area (Å²) in [5, 5.41) is 8.53. The first-order valence-corrected chi connectivity index (χ1v) is 6.57. The Hall–Kier alpha value is -0.790. The molecule has 0 fully saturated rings. The van der Waals surface area contributed by atoms with Crippen molar-refractivity contribution in [2.24, 2.45) is 0 Å². The number of unbranched alkanes of at least 4 members (excludes halogenated alkanes) is 7. The first-order valence-electron chi connectivity index (χ1n) is 6.57. The molecule has 0 atom stereocenters. The van der Waals surface area contributed by atoms with E-state index in [-0.39, 0.29) is 0 Å². The highest BCUT2D eigenvalue weighted by atomic mass is 16.4. The van der Waals surface area contributed by atoms with Gasteiger partial charge in [0, 0.05) is 6.08 Å². The van der Waals surface area contributed by atoms with Crippen LogP contribution in [0, 0.1) is 0 Å². The lowest BCUT2D eigenvalue weighted by molar-refractivity contribution is -0.131. The average molecular weight is 226 g/mol. The molecule has 2 nitrogen and oxygen atoms in total. The second-order valence-corrected chi connectivity index (χ2v) is 4.55. The number of carboxylic acids is 1. The highest BCUT2D eigenvalue weighted by Crippen LogP contribution is 2.12. The van der Waals surface area contributed by atoms with Crippen molar-refractivity contribution in [1.82, 2.24) is 0 Å². The fraction of sp³-hybridized carbons (Fsp3) is 0.786. The lowest BCUT2D eigenvalue weighted by Crippen LogP contribution is -1.90. The minimum atomic E-state index is -0.822. The molecular formula is C14H26O2. The van der Waals surface area contributed by atoms with Crippen LogP contribution in [0.2, 0.25) is 0 Å². The molecule has 0 saturated heterocycles. The van der Waals surface area contributed by atoms with Gasteiger partial charge in [-0.1, -0.05) is 57.4 Å². The van der Waals surface area contributed by atoms with Gasteiger partial charge in [-0.3, -0.25) is 0 Å². The van der Waals surface area contributed by atoms with Crippen molar-refractivity contribution in [1.29, 1.82) is 0 Å². The Bertz CT molecular complexity index is 207. The molecule has 94 valence electrons. The Morgan fingerprint density at radius 2 is 1.50 bits per heavy atom. The van der Waals surface area contributed by atoms with E-state index < -0.39 is 5.97 Å². The third-order valence-corrected chi connectivity index (χ3v) is 2.79. The highest BCUT2D eigenvalue weighted by molar-refractivity contribution is 5.80. The summed E-state index contributed by atoms with van der Waals surface area (Å²) < 4.78 is 0. The number of allylic oxidation sites excluding steroid dienone is 1. The zero-order chi connectivity index (χ0) is 12.2. The molecule has 0 aliphatic carbocycles. The fourth-order valence-corrected chi connectivity index (χ4v) is 1.82. The van der Waals surface area contributed by atoms with Gasteiger partial charge in [0.25, 0.3) is 0 Å². The van der Waals surface area contributed by atoms with Crippen LogP contribution in [0.5, 0.6) is 0 Å². The Balaban J connectivity index is 3.24. The second kappa shape index (κ2) is 10.7. The molecule has 0 amide bonds. The van der Waals surface area contributed by atoms with E-state index in [1.165, 1.54) is 51.0 Å². The van der Waals surface area contributed by atoms with E-state index in [9.17, 15) is 4.79 Å². The molecule has 0 aromatic rings. The Labute approximate surface area is 99.7 Å². The van der Waals surface area contributed by atoms with Crippen LogP contribution in [0.25, 0.3) is 0 Å². The van der Waals surface area contributed by atoms with Crippen molar-refractivity contribution in [3.63, 3.8) is 0 Å². The van der Waals surface area contributed by atoms with Crippen LogP contribution in [-0.2, 0) is 4.79 Å². The van der Waals surface area contributed by atoms with E-state index in [1.807, 2.05) is 6.92 Å². The summed E-state index contributed by atoms with van der Waals surface area (Å²) in [5.41, 5.74) is 0.985. The normalized spacial score (nSPS) is 11.8. The lowest BCUT2D eigenvalue weighted by atomic mass is 10.0. The van der Waals surface area contributed by atoms with Crippen molar-refractivity contribution >= 4 is 5.97 Å². The molecular weight excluding hydrogens is 200 g/mol. The lowest BCUT2D eigenvalue weighted by Gasteiger charge is -2.02. The van der Waals surface area contributed by atoms with Crippen LogP contribution in [-0.4, -0.2) is 11.1 Å². The van der Waals surface area contributed by atoms with E-state index in [0.29, 0.717) is 0 Å². The Morgan fingerprint density at radius 3 is 2.00 bits per heavy atom. The molecule has 0 aliphatic rings. The van der Waals surface area contributed by atoms with Gasteiger partial charge in [-0.25, -0.2) is 4.79 Å². The zero-order valence-electron chi connectivity index (χ0n) is 10.8. The Morgan fingerprint density at radius 1 is 1.00 bits per heavy atom. The first-order chi connectivity index (χ1) is 7.66. The van der Waals surface area contributed by atoms with Crippen molar-refractivity contribution in [3.8, 4) is 0 Å². The van der Waals surface area contributed by atoms with E-state index in [2.05, 4.69) is 6.92 Å². The molecule has 0 aliphatic heterocycles. The van der Waals surface area contributed by atoms with E-state index in [4.69, 9.17) is 5.11 Å². The number of aliphatic carboxylic acids is 1. The summed E-state index contributed by atoms with van der Waals surface area (Å²) in [7, 11) is 0. The number of hydrogen-bond donors (Lipinski definition) is 1. The van der Waals surface area contributed by atoms with E-state index in [0.717, 1.165) is 18.4 Å². The SMILES string of the molecule is CCCCCCCCCCC(C)=CC(=O)O. The quantitative estimate of drug-likeness (QED) is 0.438.